The van der Waals surface area contributed by atoms with Gasteiger partial charge in [-0.3, -0.25) is 4.79 Å². The van der Waals surface area contributed by atoms with E-state index >= 15 is 0 Å². The van der Waals surface area contributed by atoms with Gasteiger partial charge in [0, 0.05) is 24.1 Å². The van der Waals surface area contributed by atoms with E-state index in [1.807, 2.05) is 6.07 Å². The summed E-state index contributed by atoms with van der Waals surface area (Å²) >= 11 is 1.76. The van der Waals surface area contributed by atoms with Gasteiger partial charge in [-0.25, -0.2) is 4.98 Å². The maximum absolute atomic E-state index is 11.9. The summed E-state index contributed by atoms with van der Waals surface area (Å²) in [6.07, 6.45) is 1.74. The summed E-state index contributed by atoms with van der Waals surface area (Å²) in [4.78, 5) is 15.8. The number of Topliss-reactive ketones (excluding diaryl/α,β-unsaturated/α-hetero) is 1. The van der Waals surface area contributed by atoms with Gasteiger partial charge in [-0.2, -0.15) is 11.8 Å². The fourth-order valence-corrected chi connectivity index (χ4v) is 2.47. The van der Waals surface area contributed by atoms with Crippen LogP contribution in [0.15, 0.2) is 18.3 Å². The molecule has 1 aliphatic rings. The predicted octanol–water partition coefficient (Wildman–Crippen LogP) is 0.907. The molecule has 2 heterocycles. The summed E-state index contributed by atoms with van der Waals surface area (Å²) in [6.45, 7) is 0.666. The number of nitrogens with zero attached hydrogens (tertiary/aromatic N) is 1. The van der Waals surface area contributed by atoms with E-state index in [2.05, 4.69) is 4.98 Å². The maximum Gasteiger partial charge on any atom is 0.166 e. The Balaban J connectivity index is 1.96. The minimum absolute atomic E-state index is 0.123. The van der Waals surface area contributed by atoms with Gasteiger partial charge in [-0.05, 0) is 17.7 Å². The van der Waals surface area contributed by atoms with Crippen LogP contribution in [-0.4, -0.2) is 35.0 Å². The number of hydrogen-bond donors (Lipinski definition) is 1. The zero-order chi connectivity index (χ0) is 11.4. The molecule has 0 radical (unpaired) electrons. The van der Waals surface area contributed by atoms with Gasteiger partial charge in [0.1, 0.15) is 11.9 Å². The summed E-state index contributed by atoms with van der Waals surface area (Å²) in [5, 5.41) is 0. The first-order chi connectivity index (χ1) is 7.75. The lowest BCUT2D eigenvalue weighted by Crippen LogP contribution is -2.32. The molecule has 2 N–H and O–H groups in total. The number of nitrogens with two attached hydrogens (primary N) is 1. The van der Waals surface area contributed by atoms with Crippen molar-refractivity contribution in [2.75, 3.05) is 23.8 Å². The highest BCUT2D eigenvalue weighted by molar-refractivity contribution is 7.99. The average molecular weight is 238 g/mol. The summed E-state index contributed by atoms with van der Waals surface area (Å²) < 4.78 is 5.42. The first-order valence-corrected chi connectivity index (χ1v) is 6.33. The van der Waals surface area contributed by atoms with E-state index in [0.29, 0.717) is 18.8 Å². The molecule has 1 aromatic heterocycles. The van der Waals surface area contributed by atoms with Crippen molar-refractivity contribution < 1.29 is 9.53 Å². The van der Waals surface area contributed by atoms with Crippen LogP contribution in [0.1, 0.15) is 5.56 Å². The van der Waals surface area contributed by atoms with E-state index in [1.54, 1.807) is 24.0 Å². The highest BCUT2D eigenvalue weighted by atomic mass is 32.2. The number of hydrogen-bond acceptors (Lipinski definition) is 5. The molecule has 1 atom stereocenters. The SMILES string of the molecule is Nc1cc(CC(=O)C2CSCCO2)ccn1. The normalized spacial score (nSPS) is 20.6. The molecule has 1 aliphatic heterocycles. The quantitative estimate of drug-likeness (QED) is 0.847. The van der Waals surface area contributed by atoms with Crippen molar-refractivity contribution in [3.8, 4) is 0 Å². The fourth-order valence-electron chi connectivity index (χ4n) is 1.59. The number of carbonyl (C=O) groups excluding carboxylic acids is 1. The molecule has 0 bridgehead atoms. The summed E-state index contributed by atoms with van der Waals surface area (Å²) in [7, 11) is 0. The lowest BCUT2D eigenvalue weighted by Gasteiger charge is -2.20. The molecule has 0 saturated carbocycles. The molecule has 2 rings (SSSR count). The third-order valence-electron chi connectivity index (χ3n) is 2.40. The maximum atomic E-state index is 11.9. The molecule has 1 unspecified atom stereocenters. The third-order valence-corrected chi connectivity index (χ3v) is 3.39. The second-order valence-electron chi connectivity index (χ2n) is 3.67. The number of aromatic nitrogens is 1. The van der Waals surface area contributed by atoms with Gasteiger partial charge in [0.2, 0.25) is 0 Å². The number of anilines is 1. The summed E-state index contributed by atoms with van der Waals surface area (Å²) in [5.41, 5.74) is 6.45. The number of ether oxygens (including phenoxy) is 1. The van der Waals surface area contributed by atoms with Gasteiger partial charge in [-0.1, -0.05) is 0 Å². The van der Waals surface area contributed by atoms with Crippen molar-refractivity contribution in [1.82, 2.24) is 4.98 Å². The van der Waals surface area contributed by atoms with Gasteiger partial charge in [0.15, 0.2) is 5.78 Å². The molecule has 4 nitrogen and oxygen atoms in total. The Hall–Kier alpha value is -1.07. The largest absolute Gasteiger partial charge is 0.384 e. The molecule has 86 valence electrons. The van der Waals surface area contributed by atoms with E-state index < -0.39 is 0 Å². The van der Waals surface area contributed by atoms with Crippen molar-refractivity contribution in [2.45, 2.75) is 12.5 Å². The Morgan fingerprint density at radius 1 is 1.69 bits per heavy atom. The molecule has 0 aromatic carbocycles. The van der Waals surface area contributed by atoms with Crippen molar-refractivity contribution in [3.05, 3.63) is 23.9 Å². The second-order valence-corrected chi connectivity index (χ2v) is 4.82. The van der Waals surface area contributed by atoms with Crippen LogP contribution in [0, 0.1) is 0 Å². The minimum Gasteiger partial charge on any atom is -0.384 e. The van der Waals surface area contributed by atoms with Crippen LogP contribution in [0.25, 0.3) is 0 Å². The molecule has 16 heavy (non-hydrogen) atoms. The third kappa shape index (κ3) is 2.96. The Labute approximate surface area is 98.6 Å². The molecule has 0 amide bonds. The number of rotatable bonds is 3. The van der Waals surface area contributed by atoms with E-state index in [0.717, 1.165) is 17.1 Å². The Kier molecular flexibility index (Phi) is 3.79. The Morgan fingerprint density at radius 3 is 3.25 bits per heavy atom. The standard InChI is InChI=1S/C11H14N2O2S/c12-11-6-8(1-2-13-11)5-9(14)10-7-16-4-3-15-10/h1-2,6,10H,3-5,7H2,(H2,12,13). The topological polar surface area (TPSA) is 65.2 Å². The number of ketones is 1. The highest BCUT2D eigenvalue weighted by Gasteiger charge is 2.22. The van der Waals surface area contributed by atoms with Gasteiger partial charge in [-0.15, -0.1) is 0 Å². The molecule has 0 aliphatic carbocycles. The highest BCUT2D eigenvalue weighted by Crippen LogP contribution is 2.15. The van der Waals surface area contributed by atoms with Crippen molar-refractivity contribution in [2.24, 2.45) is 0 Å². The monoisotopic (exact) mass is 238 g/mol. The summed E-state index contributed by atoms with van der Waals surface area (Å²) in [6, 6.07) is 3.54. The predicted molar refractivity (Wildman–Crippen MR) is 64.4 cm³/mol. The van der Waals surface area contributed by atoms with Crippen LogP contribution >= 0.6 is 11.8 Å². The van der Waals surface area contributed by atoms with Crippen LogP contribution < -0.4 is 5.73 Å². The molecule has 1 aromatic rings. The lowest BCUT2D eigenvalue weighted by molar-refractivity contribution is -0.128. The van der Waals surface area contributed by atoms with E-state index in [-0.39, 0.29) is 11.9 Å². The van der Waals surface area contributed by atoms with Crippen LogP contribution in [-0.2, 0) is 16.0 Å². The first-order valence-electron chi connectivity index (χ1n) is 5.18. The molecular weight excluding hydrogens is 224 g/mol. The van der Waals surface area contributed by atoms with E-state index in [1.165, 1.54) is 0 Å². The summed E-state index contributed by atoms with van der Waals surface area (Å²) in [5.74, 6) is 2.31. The second kappa shape index (κ2) is 5.32. The van der Waals surface area contributed by atoms with Gasteiger partial charge in [0.25, 0.3) is 0 Å². The molecule has 5 heteroatoms. The molecule has 0 spiro atoms. The van der Waals surface area contributed by atoms with Gasteiger partial charge in [0.05, 0.1) is 6.61 Å². The van der Waals surface area contributed by atoms with Crippen molar-refractivity contribution in [3.63, 3.8) is 0 Å². The van der Waals surface area contributed by atoms with Crippen molar-refractivity contribution >= 4 is 23.4 Å². The van der Waals surface area contributed by atoms with Crippen LogP contribution in [0.3, 0.4) is 0 Å². The number of thioether (sulfide) groups is 1. The van der Waals surface area contributed by atoms with E-state index in [4.69, 9.17) is 10.5 Å². The average Bonchev–Trinajstić information content (AvgIpc) is 2.30. The molecule has 1 saturated heterocycles. The molecule has 1 fully saturated rings. The number of carbonyl (C=O) groups is 1. The van der Waals surface area contributed by atoms with Crippen molar-refractivity contribution in [1.29, 1.82) is 0 Å². The zero-order valence-corrected chi connectivity index (χ0v) is 9.70. The number of nitrogen functional groups attached to an aromatic ring is 1. The van der Waals surface area contributed by atoms with Crippen LogP contribution in [0.4, 0.5) is 5.82 Å². The zero-order valence-electron chi connectivity index (χ0n) is 8.89. The van der Waals surface area contributed by atoms with Gasteiger partial charge >= 0.3 is 0 Å². The Bertz CT molecular complexity index is 378. The van der Waals surface area contributed by atoms with Gasteiger partial charge < -0.3 is 10.5 Å². The number of pyridine rings is 1. The minimum atomic E-state index is -0.256. The first kappa shape index (κ1) is 11.4. The van der Waals surface area contributed by atoms with E-state index in [9.17, 15) is 4.79 Å². The van der Waals surface area contributed by atoms with Crippen LogP contribution in [0.2, 0.25) is 0 Å². The smallest absolute Gasteiger partial charge is 0.166 e. The Morgan fingerprint density at radius 2 is 2.56 bits per heavy atom. The lowest BCUT2D eigenvalue weighted by atomic mass is 10.1. The molecular formula is C11H14N2O2S. The van der Waals surface area contributed by atoms with Crippen LogP contribution in [0.5, 0.6) is 0 Å². The fraction of sp³-hybridized carbons (Fsp3) is 0.455.